The fraction of sp³-hybridized carbons (Fsp3) is 0.263. The van der Waals surface area contributed by atoms with Gasteiger partial charge in [-0.25, -0.2) is 4.79 Å². The van der Waals surface area contributed by atoms with Crippen LogP contribution in [0.5, 0.6) is 5.75 Å². The number of carboxylic acid groups (broad SMARTS) is 1. The van der Waals surface area contributed by atoms with Crippen LogP contribution in [0.1, 0.15) is 28.4 Å². The second-order valence-electron chi connectivity index (χ2n) is 5.94. The van der Waals surface area contributed by atoms with E-state index in [1.165, 1.54) is 11.0 Å². The molecule has 0 unspecified atom stereocenters. The van der Waals surface area contributed by atoms with Crippen LogP contribution in [0.3, 0.4) is 0 Å². The molecule has 8 nitrogen and oxygen atoms in total. The Morgan fingerprint density at radius 3 is 2.41 bits per heavy atom. The van der Waals surface area contributed by atoms with Crippen molar-refractivity contribution in [3.8, 4) is 5.75 Å². The quantitative estimate of drug-likeness (QED) is 0.563. The highest BCUT2D eigenvalue weighted by molar-refractivity contribution is 5.94. The summed E-state index contributed by atoms with van der Waals surface area (Å²) in [6, 6.07) is 11.2. The first kappa shape index (κ1) is 19.9. The number of nitrogens with zero attached hydrogens (tertiary/aromatic N) is 2. The molecule has 0 aliphatic carbocycles. The van der Waals surface area contributed by atoms with Crippen molar-refractivity contribution < 1.29 is 24.4 Å². The Kier molecular flexibility index (Phi) is 6.48. The Hall–Kier alpha value is -3.42. The Labute approximate surface area is 156 Å². The minimum absolute atomic E-state index is 0.0586. The van der Waals surface area contributed by atoms with Gasteiger partial charge in [0.25, 0.3) is 11.6 Å². The molecule has 0 saturated carbocycles. The summed E-state index contributed by atoms with van der Waals surface area (Å²) >= 11 is 0. The molecule has 142 valence electrons. The summed E-state index contributed by atoms with van der Waals surface area (Å²) in [6.07, 6.45) is 0.511. The van der Waals surface area contributed by atoms with Gasteiger partial charge in [0, 0.05) is 30.8 Å². The van der Waals surface area contributed by atoms with E-state index in [1.54, 1.807) is 43.4 Å². The predicted octanol–water partition coefficient (Wildman–Crippen LogP) is 2.89. The Balaban J connectivity index is 2.08. The van der Waals surface area contributed by atoms with Gasteiger partial charge in [0.15, 0.2) is 6.61 Å². The number of hydrogen-bond acceptors (Lipinski definition) is 5. The van der Waals surface area contributed by atoms with Gasteiger partial charge in [0.1, 0.15) is 5.75 Å². The highest BCUT2D eigenvalue weighted by Gasteiger charge is 2.19. The van der Waals surface area contributed by atoms with Gasteiger partial charge in [-0.05, 0) is 30.2 Å². The average Bonchev–Trinajstić information content (AvgIpc) is 2.66. The Morgan fingerprint density at radius 1 is 1.19 bits per heavy atom. The number of carboxylic acids is 1. The average molecular weight is 372 g/mol. The topological polar surface area (TPSA) is 110 Å². The van der Waals surface area contributed by atoms with Gasteiger partial charge in [-0.1, -0.05) is 25.1 Å². The maximum atomic E-state index is 12.6. The SMILES string of the molecule is CCc1ccc(C(=O)N(C)Cc2ccc(OCC(=O)O)cc2)cc1[N+](=O)[O-]. The number of carbonyl (C=O) groups excluding carboxylic acids is 1. The second kappa shape index (κ2) is 8.79. The molecule has 0 heterocycles. The van der Waals surface area contributed by atoms with Gasteiger partial charge in [-0.15, -0.1) is 0 Å². The number of hydrogen-bond donors (Lipinski definition) is 1. The monoisotopic (exact) mass is 372 g/mol. The van der Waals surface area contributed by atoms with E-state index in [4.69, 9.17) is 9.84 Å². The highest BCUT2D eigenvalue weighted by Crippen LogP contribution is 2.22. The molecule has 27 heavy (non-hydrogen) atoms. The molecule has 2 rings (SSSR count). The minimum atomic E-state index is -1.06. The molecule has 0 aliphatic rings. The third-order valence-corrected chi connectivity index (χ3v) is 3.96. The predicted molar refractivity (Wildman–Crippen MR) is 97.8 cm³/mol. The highest BCUT2D eigenvalue weighted by atomic mass is 16.6. The smallest absolute Gasteiger partial charge is 0.341 e. The zero-order valence-corrected chi connectivity index (χ0v) is 15.0. The van der Waals surface area contributed by atoms with Crippen LogP contribution < -0.4 is 4.74 Å². The van der Waals surface area contributed by atoms with Gasteiger partial charge in [-0.2, -0.15) is 0 Å². The lowest BCUT2D eigenvalue weighted by Crippen LogP contribution is -2.26. The number of amides is 1. The summed E-state index contributed by atoms with van der Waals surface area (Å²) in [6.45, 7) is 1.69. The van der Waals surface area contributed by atoms with Crippen LogP contribution in [-0.2, 0) is 17.8 Å². The number of nitro benzene ring substituents is 1. The summed E-state index contributed by atoms with van der Waals surface area (Å²) in [7, 11) is 1.61. The first-order chi connectivity index (χ1) is 12.8. The van der Waals surface area contributed by atoms with E-state index >= 15 is 0 Å². The summed E-state index contributed by atoms with van der Waals surface area (Å²) in [4.78, 5) is 35.2. The van der Waals surface area contributed by atoms with Crippen molar-refractivity contribution in [3.05, 3.63) is 69.3 Å². The minimum Gasteiger partial charge on any atom is -0.482 e. The number of carbonyl (C=O) groups is 2. The molecule has 0 saturated heterocycles. The summed E-state index contributed by atoms with van der Waals surface area (Å²) < 4.78 is 5.06. The van der Waals surface area contributed by atoms with E-state index in [9.17, 15) is 19.7 Å². The number of nitro groups is 1. The van der Waals surface area contributed by atoms with E-state index in [2.05, 4.69) is 0 Å². The molecule has 0 aromatic heterocycles. The molecule has 2 aromatic carbocycles. The van der Waals surface area contributed by atoms with E-state index in [1.807, 2.05) is 6.92 Å². The van der Waals surface area contributed by atoms with Gasteiger partial charge in [-0.3, -0.25) is 14.9 Å². The first-order valence-electron chi connectivity index (χ1n) is 8.28. The Bertz CT molecular complexity index is 848. The third kappa shape index (κ3) is 5.27. The lowest BCUT2D eigenvalue weighted by Gasteiger charge is -2.18. The zero-order valence-electron chi connectivity index (χ0n) is 15.0. The summed E-state index contributed by atoms with van der Waals surface area (Å²) in [5.41, 5.74) is 1.59. The summed E-state index contributed by atoms with van der Waals surface area (Å²) in [5.74, 6) is -0.972. The fourth-order valence-electron chi connectivity index (χ4n) is 2.57. The van der Waals surface area contributed by atoms with Crippen molar-refractivity contribution in [2.24, 2.45) is 0 Å². The standard InChI is InChI=1S/C19H20N2O6/c1-3-14-6-7-15(10-17(14)21(25)26)19(24)20(2)11-13-4-8-16(9-5-13)27-12-18(22)23/h4-10H,3,11-12H2,1-2H3,(H,22,23). The van der Waals surface area contributed by atoms with Crippen molar-refractivity contribution in [2.45, 2.75) is 19.9 Å². The normalized spacial score (nSPS) is 10.3. The largest absolute Gasteiger partial charge is 0.482 e. The van der Waals surface area contributed by atoms with E-state index in [0.717, 1.165) is 5.56 Å². The van der Waals surface area contributed by atoms with Crippen LogP contribution in [0.4, 0.5) is 5.69 Å². The molecule has 0 fully saturated rings. The van der Waals surface area contributed by atoms with Crippen LogP contribution in [-0.4, -0.2) is 40.5 Å². The lowest BCUT2D eigenvalue weighted by molar-refractivity contribution is -0.385. The fourth-order valence-corrected chi connectivity index (χ4v) is 2.57. The third-order valence-electron chi connectivity index (χ3n) is 3.96. The van der Waals surface area contributed by atoms with Crippen molar-refractivity contribution >= 4 is 17.6 Å². The van der Waals surface area contributed by atoms with Crippen LogP contribution in [0.2, 0.25) is 0 Å². The van der Waals surface area contributed by atoms with Crippen molar-refractivity contribution in [1.29, 1.82) is 0 Å². The van der Waals surface area contributed by atoms with Gasteiger partial charge in [0.05, 0.1) is 4.92 Å². The molecule has 8 heteroatoms. The zero-order chi connectivity index (χ0) is 20.0. The maximum absolute atomic E-state index is 12.6. The number of ether oxygens (including phenoxy) is 1. The molecule has 2 aromatic rings. The molecule has 0 spiro atoms. The molecular weight excluding hydrogens is 352 g/mol. The van der Waals surface area contributed by atoms with Crippen LogP contribution in [0.25, 0.3) is 0 Å². The number of benzene rings is 2. The molecule has 0 radical (unpaired) electrons. The van der Waals surface area contributed by atoms with Gasteiger partial charge >= 0.3 is 5.97 Å². The maximum Gasteiger partial charge on any atom is 0.341 e. The van der Waals surface area contributed by atoms with Crippen molar-refractivity contribution in [1.82, 2.24) is 4.90 Å². The molecule has 0 aliphatic heterocycles. The Morgan fingerprint density at radius 2 is 1.85 bits per heavy atom. The van der Waals surface area contributed by atoms with Crippen LogP contribution in [0, 0.1) is 10.1 Å². The second-order valence-corrected chi connectivity index (χ2v) is 5.94. The molecule has 0 bridgehead atoms. The molecule has 1 amide bonds. The van der Waals surface area contributed by atoms with Crippen LogP contribution >= 0.6 is 0 Å². The van der Waals surface area contributed by atoms with E-state index in [-0.39, 0.29) is 17.2 Å². The summed E-state index contributed by atoms with van der Waals surface area (Å²) in [5, 5.41) is 19.8. The molecule has 0 atom stereocenters. The number of rotatable bonds is 8. The van der Waals surface area contributed by atoms with Gasteiger partial charge in [0.2, 0.25) is 0 Å². The van der Waals surface area contributed by atoms with Gasteiger partial charge < -0.3 is 14.7 Å². The first-order valence-corrected chi connectivity index (χ1v) is 8.28. The molecule has 1 N–H and O–H groups in total. The lowest BCUT2D eigenvalue weighted by atomic mass is 10.1. The molecular formula is C19H20N2O6. The number of aryl methyl sites for hydroxylation is 1. The number of aliphatic carboxylic acids is 1. The van der Waals surface area contributed by atoms with Crippen LogP contribution in [0.15, 0.2) is 42.5 Å². The van der Waals surface area contributed by atoms with E-state index in [0.29, 0.717) is 24.3 Å². The van der Waals surface area contributed by atoms with E-state index < -0.39 is 17.5 Å². The van der Waals surface area contributed by atoms with Crippen molar-refractivity contribution in [3.63, 3.8) is 0 Å². The van der Waals surface area contributed by atoms with Crippen molar-refractivity contribution in [2.75, 3.05) is 13.7 Å².